The maximum Gasteiger partial charge on any atom is 0.243 e. The van der Waals surface area contributed by atoms with Gasteiger partial charge in [0.1, 0.15) is 5.82 Å². The molecular weight excluding hydrogens is 393 g/mol. The van der Waals surface area contributed by atoms with Gasteiger partial charge in [-0.1, -0.05) is 0 Å². The summed E-state index contributed by atoms with van der Waals surface area (Å²) in [6, 6.07) is 7.09. The van der Waals surface area contributed by atoms with E-state index in [1.54, 1.807) is 0 Å². The monoisotopic (exact) mass is 421 g/mol. The van der Waals surface area contributed by atoms with Gasteiger partial charge in [-0.05, 0) is 58.0 Å². The highest BCUT2D eigenvalue weighted by atomic mass is 32.2. The number of nitrogens with zero attached hydrogens (tertiary/aromatic N) is 3. The van der Waals surface area contributed by atoms with E-state index in [-0.39, 0.29) is 23.3 Å². The largest absolute Gasteiger partial charge is 0.346 e. The molecule has 1 aliphatic heterocycles. The van der Waals surface area contributed by atoms with Crippen LogP contribution in [0.15, 0.2) is 35.2 Å². The third-order valence-electron chi connectivity index (χ3n) is 5.45. The number of sulfonamides is 1. The average molecular weight is 422 g/mol. The summed E-state index contributed by atoms with van der Waals surface area (Å²) >= 11 is 0. The van der Waals surface area contributed by atoms with Crippen LogP contribution in [0.4, 0.5) is 4.39 Å². The van der Waals surface area contributed by atoms with Gasteiger partial charge in [0.05, 0.1) is 11.4 Å². The summed E-state index contributed by atoms with van der Waals surface area (Å²) in [5, 5.41) is 0. The molecule has 0 saturated carbocycles. The molecule has 1 fully saturated rings. The lowest BCUT2D eigenvalue weighted by molar-refractivity contribution is 0.0901. The van der Waals surface area contributed by atoms with Crippen LogP contribution in [0.5, 0.6) is 0 Å². The number of carbonyl (C=O) groups is 1. The Hall–Kier alpha value is -2.03. The number of benzene rings is 1. The third kappa shape index (κ3) is 4.44. The van der Waals surface area contributed by atoms with Gasteiger partial charge in [0.2, 0.25) is 10.0 Å². The van der Waals surface area contributed by atoms with Gasteiger partial charge in [-0.2, -0.15) is 4.31 Å². The number of ketones is 1. The van der Waals surface area contributed by atoms with E-state index in [1.165, 1.54) is 16.4 Å². The van der Waals surface area contributed by atoms with E-state index in [1.807, 2.05) is 24.8 Å². The summed E-state index contributed by atoms with van der Waals surface area (Å²) in [4.78, 5) is 14.9. The van der Waals surface area contributed by atoms with Crippen LogP contribution in [0.3, 0.4) is 0 Å². The first kappa shape index (κ1) is 21.7. The Morgan fingerprint density at radius 3 is 2.17 bits per heavy atom. The second-order valence-electron chi connectivity index (χ2n) is 7.81. The van der Waals surface area contributed by atoms with Crippen LogP contribution in [0.25, 0.3) is 0 Å². The van der Waals surface area contributed by atoms with Crippen LogP contribution >= 0.6 is 0 Å². The van der Waals surface area contributed by atoms with Crippen molar-refractivity contribution in [1.29, 1.82) is 0 Å². The van der Waals surface area contributed by atoms with Crippen molar-refractivity contribution in [3.8, 4) is 0 Å². The van der Waals surface area contributed by atoms with Crippen molar-refractivity contribution >= 4 is 15.8 Å². The van der Waals surface area contributed by atoms with Crippen molar-refractivity contribution in [2.24, 2.45) is 0 Å². The molecule has 1 aromatic carbocycles. The van der Waals surface area contributed by atoms with E-state index < -0.39 is 15.8 Å². The number of halogens is 1. The molecule has 0 radical (unpaired) electrons. The fourth-order valence-electron chi connectivity index (χ4n) is 4.03. The molecule has 0 unspecified atom stereocenters. The molecule has 6 nitrogen and oxygen atoms in total. The maximum atomic E-state index is 13.1. The molecule has 29 heavy (non-hydrogen) atoms. The second-order valence-corrected chi connectivity index (χ2v) is 9.74. The lowest BCUT2D eigenvalue weighted by Crippen LogP contribution is -2.49. The molecular formula is C21H28FN3O3S. The van der Waals surface area contributed by atoms with Crippen LogP contribution < -0.4 is 0 Å². The van der Waals surface area contributed by atoms with Crippen LogP contribution in [0.2, 0.25) is 0 Å². The van der Waals surface area contributed by atoms with E-state index in [4.69, 9.17) is 0 Å². The van der Waals surface area contributed by atoms with Gasteiger partial charge in [-0.25, -0.2) is 12.8 Å². The molecule has 2 heterocycles. The predicted molar refractivity (Wildman–Crippen MR) is 110 cm³/mol. The van der Waals surface area contributed by atoms with Gasteiger partial charge in [0.15, 0.2) is 5.78 Å². The Morgan fingerprint density at radius 2 is 1.66 bits per heavy atom. The summed E-state index contributed by atoms with van der Waals surface area (Å²) in [6.45, 7) is 9.99. The van der Waals surface area contributed by atoms with E-state index >= 15 is 0 Å². The number of aromatic nitrogens is 1. The molecule has 2 aromatic rings. The standard InChI is InChI=1S/C21H28FN3O3S/c1-15(2)25-16(3)13-20(17(25)4)21(26)14-23-9-11-24(12-10-23)29(27,28)19-7-5-18(22)6-8-19/h5-8,13,15H,9-12,14H2,1-4H3. The zero-order chi connectivity index (χ0) is 21.3. The molecule has 1 aromatic heterocycles. The Morgan fingerprint density at radius 1 is 1.07 bits per heavy atom. The predicted octanol–water partition coefficient (Wildman–Crippen LogP) is 3.01. The average Bonchev–Trinajstić information content (AvgIpc) is 2.97. The van der Waals surface area contributed by atoms with Crippen molar-refractivity contribution < 1.29 is 17.6 Å². The van der Waals surface area contributed by atoms with Gasteiger partial charge in [-0.15, -0.1) is 0 Å². The third-order valence-corrected chi connectivity index (χ3v) is 7.36. The second kappa shape index (κ2) is 8.38. The lowest BCUT2D eigenvalue weighted by atomic mass is 10.1. The number of aryl methyl sites for hydroxylation is 1. The van der Waals surface area contributed by atoms with Crippen molar-refractivity contribution in [2.45, 2.75) is 38.6 Å². The van der Waals surface area contributed by atoms with Crippen molar-refractivity contribution in [3.63, 3.8) is 0 Å². The summed E-state index contributed by atoms with van der Waals surface area (Å²) in [7, 11) is -3.65. The van der Waals surface area contributed by atoms with Gasteiger partial charge in [0.25, 0.3) is 0 Å². The highest BCUT2D eigenvalue weighted by Gasteiger charge is 2.29. The molecule has 1 saturated heterocycles. The van der Waals surface area contributed by atoms with Gasteiger partial charge < -0.3 is 4.57 Å². The van der Waals surface area contributed by atoms with E-state index in [0.717, 1.165) is 29.1 Å². The number of rotatable bonds is 6. The minimum absolute atomic E-state index is 0.0554. The fourth-order valence-corrected chi connectivity index (χ4v) is 5.45. The summed E-state index contributed by atoms with van der Waals surface area (Å²) in [5.41, 5.74) is 2.77. The Labute approximate surface area is 172 Å². The van der Waals surface area contributed by atoms with Gasteiger partial charge in [-0.3, -0.25) is 9.69 Å². The topological polar surface area (TPSA) is 62.6 Å². The fraction of sp³-hybridized carbons (Fsp3) is 0.476. The lowest BCUT2D eigenvalue weighted by Gasteiger charge is -2.33. The molecule has 0 aliphatic carbocycles. The molecule has 8 heteroatoms. The SMILES string of the molecule is Cc1cc(C(=O)CN2CCN(S(=O)(=O)c3ccc(F)cc3)CC2)c(C)n1C(C)C. The molecule has 0 atom stereocenters. The Bertz CT molecular complexity index is 989. The van der Waals surface area contributed by atoms with E-state index in [0.29, 0.717) is 26.2 Å². The van der Waals surface area contributed by atoms with Crippen molar-refractivity contribution in [1.82, 2.24) is 13.8 Å². The maximum absolute atomic E-state index is 13.1. The quantitative estimate of drug-likeness (QED) is 0.673. The van der Waals surface area contributed by atoms with Crippen molar-refractivity contribution in [3.05, 3.63) is 53.1 Å². The van der Waals surface area contributed by atoms with Crippen LogP contribution in [0.1, 0.15) is 41.6 Å². The van der Waals surface area contributed by atoms with E-state index in [2.05, 4.69) is 18.4 Å². The first-order valence-electron chi connectivity index (χ1n) is 9.81. The van der Waals surface area contributed by atoms with E-state index in [9.17, 15) is 17.6 Å². The van der Waals surface area contributed by atoms with Crippen LogP contribution in [-0.2, 0) is 10.0 Å². The molecule has 0 spiro atoms. The Kier molecular flexibility index (Phi) is 6.26. The summed E-state index contributed by atoms with van der Waals surface area (Å²) < 4.78 is 42.1. The normalized spacial score (nSPS) is 16.5. The number of piperazine rings is 1. The molecule has 0 amide bonds. The molecule has 0 bridgehead atoms. The highest BCUT2D eigenvalue weighted by Crippen LogP contribution is 2.22. The molecule has 1 aliphatic rings. The summed E-state index contributed by atoms with van der Waals surface area (Å²) in [5.74, 6) is -0.413. The summed E-state index contributed by atoms with van der Waals surface area (Å²) in [6.07, 6.45) is 0. The highest BCUT2D eigenvalue weighted by molar-refractivity contribution is 7.89. The number of hydrogen-bond acceptors (Lipinski definition) is 4. The number of carbonyl (C=O) groups excluding carboxylic acids is 1. The van der Waals surface area contributed by atoms with Crippen molar-refractivity contribution in [2.75, 3.05) is 32.7 Å². The van der Waals surface area contributed by atoms with Gasteiger partial charge >= 0.3 is 0 Å². The molecule has 3 rings (SSSR count). The first-order valence-corrected chi connectivity index (χ1v) is 11.2. The van der Waals surface area contributed by atoms with Crippen LogP contribution in [0, 0.1) is 19.7 Å². The molecule has 158 valence electrons. The van der Waals surface area contributed by atoms with Gasteiger partial charge in [0, 0.05) is 49.2 Å². The zero-order valence-corrected chi connectivity index (χ0v) is 18.2. The minimum atomic E-state index is -3.65. The Balaban J connectivity index is 1.63. The molecule has 0 N–H and O–H groups in total. The van der Waals surface area contributed by atoms with Crippen LogP contribution in [-0.4, -0.2) is 60.7 Å². The first-order chi connectivity index (χ1) is 13.6. The number of Topliss-reactive ketones (excluding diaryl/α,β-unsaturated/α-hetero) is 1. The minimum Gasteiger partial charge on any atom is -0.346 e. The zero-order valence-electron chi connectivity index (χ0n) is 17.4. The smallest absolute Gasteiger partial charge is 0.243 e. The number of hydrogen-bond donors (Lipinski definition) is 0.